The van der Waals surface area contributed by atoms with Gasteiger partial charge in [-0.05, 0) is 56.6 Å². The van der Waals surface area contributed by atoms with Crippen LogP contribution in [0.4, 0.5) is 0 Å². The summed E-state index contributed by atoms with van der Waals surface area (Å²) in [7, 11) is 0. The molecule has 0 radical (unpaired) electrons. The highest BCUT2D eigenvalue weighted by molar-refractivity contribution is 7.12. The largest absolute Gasteiger partial charge is 0.276 e. The molecule has 0 saturated heterocycles. The lowest BCUT2D eigenvalue weighted by Gasteiger charge is -2.07. The Morgan fingerprint density at radius 1 is 1.14 bits per heavy atom. The van der Waals surface area contributed by atoms with Gasteiger partial charge in [-0.2, -0.15) is 0 Å². The highest BCUT2D eigenvalue weighted by Crippen LogP contribution is 2.32. The minimum Gasteiger partial charge on any atom is -0.276 e. The first-order valence-electron chi connectivity index (χ1n) is 6.64. The van der Waals surface area contributed by atoms with Crippen molar-refractivity contribution >= 4 is 39.1 Å². The van der Waals surface area contributed by atoms with Crippen LogP contribution in [0.1, 0.15) is 25.7 Å². The predicted molar refractivity (Wildman–Crippen MR) is 89.5 cm³/mol. The van der Waals surface area contributed by atoms with Crippen LogP contribution in [0.25, 0.3) is 22.2 Å². The number of hydrogen-bond acceptors (Lipinski definition) is 3. The van der Waals surface area contributed by atoms with Crippen molar-refractivity contribution in [2.75, 3.05) is 0 Å². The van der Waals surface area contributed by atoms with Crippen LogP contribution in [-0.2, 0) is 0 Å². The Kier molecular flexibility index (Phi) is 3.56. The molecule has 0 bridgehead atoms. The summed E-state index contributed by atoms with van der Waals surface area (Å²) in [5.41, 5.74) is 4.27. The first kappa shape index (κ1) is 14.2. The van der Waals surface area contributed by atoms with Gasteiger partial charge in [-0.15, -0.1) is 11.3 Å². The topological polar surface area (TPSA) is 30.0 Å². The molecule has 0 aliphatic carbocycles. The number of fused-ring (bicyclic) bond motifs is 1. The van der Waals surface area contributed by atoms with Gasteiger partial charge in [-0.3, -0.25) is 4.79 Å². The van der Waals surface area contributed by atoms with E-state index < -0.39 is 5.24 Å². The number of thiophene rings is 1. The predicted octanol–water partition coefficient (Wildman–Crippen LogP) is 5.27. The SMILES string of the molecule is Cc1ccc2nc(-c3cc(C)sc3C)cc(C(=O)Cl)c2c1. The lowest BCUT2D eigenvalue weighted by atomic mass is 10.0. The molecule has 2 aromatic heterocycles. The fourth-order valence-electron chi connectivity index (χ4n) is 2.53. The van der Waals surface area contributed by atoms with Gasteiger partial charge in [0, 0.05) is 26.3 Å². The first-order chi connectivity index (χ1) is 9.95. The minimum absolute atomic E-state index is 0.446. The quantitative estimate of drug-likeness (QED) is 0.603. The van der Waals surface area contributed by atoms with Crippen molar-refractivity contribution < 1.29 is 4.79 Å². The molecule has 0 amide bonds. The van der Waals surface area contributed by atoms with Crippen molar-refractivity contribution in [3.8, 4) is 11.3 Å². The van der Waals surface area contributed by atoms with E-state index in [1.165, 1.54) is 9.75 Å². The average molecular weight is 316 g/mol. The third kappa shape index (κ3) is 2.59. The molecule has 0 spiro atoms. The second-order valence-corrected chi connectivity index (χ2v) is 6.98. The van der Waals surface area contributed by atoms with Crippen LogP contribution in [0.5, 0.6) is 0 Å². The molecule has 21 heavy (non-hydrogen) atoms. The van der Waals surface area contributed by atoms with E-state index >= 15 is 0 Å². The smallest absolute Gasteiger partial charge is 0.253 e. The second kappa shape index (κ2) is 5.24. The van der Waals surface area contributed by atoms with E-state index in [0.717, 1.165) is 27.7 Å². The number of benzene rings is 1. The van der Waals surface area contributed by atoms with Gasteiger partial charge in [0.1, 0.15) is 0 Å². The van der Waals surface area contributed by atoms with Crippen LogP contribution >= 0.6 is 22.9 Å². The van der Waals surface area contributed by atoms with E-state index in [9.17, 15) is 4.79 Å². The Labute approximate surface area is 132 Å². The molecular weight excluding hydrogens is 302 g/mol. The van der Waals surface area contributed by atoms with Crippen LogP contribution in [-0.4, -0.2) is 10.2 Å². The van der Waals surface area contributed by atoms with E-state index in [0.29, 0.717) is 5.56 Å². The molecule has 3 aromatic rings. The number of halogens is 1. The summed E-state index contributed by atoms with van der Waals surface area (Å²) in [6, 6.07) is 9.78. The van der Waals surface area contributed by atoms with Gasteiger partial charge >= 0.3 is 0 Å². The molecule has 106 valence electrons. The number of pyridine rings is 1. The number of carbonyl (C=O) groups is 1. The van der Waals surface area contributed by atoms with Crippen molar-refractivity contribution in [3.05, 3.63) is 51.2 Å². The summed E-state index contributed by atoms with van der Waals surface area (Å²) in [5, 5.41) is 0.363. The van der Waals surface area contributed by atoms with E-state index in [1.54, 1.807) is 17.4 Å². The van der Waals surface area contributed by atoms with Crippen molar-refractivity contribution in [1.29, 1.82) is 0 Å². The molecule has 0 aliphatic rings. The summed E-state index contributed by atoms with van der Waals surface area (Å²) in [6.07, 6.45) is 0. The lowest BCUT2D eigenvalue weighted by molar-refractivity contribution is 0.108. The van der Waals surface area contributed by atoms with Gasteiger partial charge in [0.15, 0.2) is 0 Å². The van der Waals surface area contributed by atoms with Crippen LogP contribution < -0.4 is 0 Å². The monoisotopic (exact) mass is 315 g/mol. The van der Waals surface area contributed by atoms with Crippen LogP contribution in [0.15, 0.2) is 30.3 Å². The third-order valence-electron chi connectivity index (χ3n) is 3.49. The normalized spacial score (nSPS) is 11.0. The summed E-state index contributed by atoms with van der Waals surface area (Å²) >= 11 is 7.50. The zero-order chi connectivity index (χ0) is 15.1. The van der Waals surface area contributed by atoms with Crippen molar-refractivity contribution in [2.45, 2.75) is 20.8 Å². The molecule has 0 unspecified atom stereocenters. The van der Waals surface area contributed by atoms with Gasteiger partial charge in [0.05, 0.1) is 11.2 Å². The maximum Gasteiger partial charge on any atom is 0.253 e. The molecule has 3 rings (SSSR count). The molecule has 0 saturated carbocycles. The molecule has 1 aromatic carbocycles. The molecular formula is C17H14ClNOS. The number of carbonyl (C=O) groups excluding carboxylic acids is 1. The lowest BCUT2D eigenvalue weighted by Crippen LogP contribution is -1.96. The minimum atomic E-state index is -0.446. The number of aromatic nitrogens is 1. The van der Waals surface area contributed by atoms with Crippen molar-refractivity contribution in [2.24, 2.45) is 0 Å². The number of hydrogen-bond donors (Lipinski definition) is 0. The average Bonchev–Trinajstić information content (AvgIpc) is 2.76. The fraction of sp³-hybridized carbons (Fsp3) is 0.176. The molecule has 2 nitrogen and oxygen atoms in total. The summed E-state index contributed by atoms with van der Waals surface area (Å²) < 4.78 is 0. The van der Waals surface area contributed by atoms with E-state index in [2.05, 4.69) is 19.9 Å². The van der Waals surface area contributed by atoms with Crippen molar-refractivity contribution in [3.63, 3.8) is 0 Å². The number of nitrogens with zero attached hydrogens (tertiary/aromatic N) is 1. The molecule has 4 heteroatoms. The third-order valence-corrected chi connectivity index (χ3v) is 4.66. The van der Waals surface area contributed by atoms with Gasteiger partial charge in [-0.25, -0.2) is 4.98 Å². The van der Waals surface area contributed by atoms with Crippen LogP contribution in [0.3, 0.4) is 0 Å². The Morgan fingerprint density at radius 3 is 2.52 bits per heavy atom. The summed E-state index contributed by atoms with van der Waals surface area (Å²) in [4.78, 5) is 18.9. The summed E-state index contributed by atoms with van der Waals surface area (Å²) in [6.45, 7) is 6.12. The van der Waals surface area contributed by atoms with E-state index in [1.807, 2.05) is 25.1 Å². The molecule has 0 fully saturated rings. The maximum atomic E-state index is 11.8. The zero-order valence-electron chi connectivity index (χ0n) is 12.0. The Morgan fingerprint density at radius 2 is 1.90 bits per heavy atom. The maximum absolute atomic E-state index is 11.8. The highest BCUT2D eigenvalue weighted by atomic mass is 35.5. The van der Waals surface area contributed by atoms with Gasteiger partial charge in [0.25, 0.3) is 5.24 Å². The van der Waals surface area contributed by atoms with E-state index in [-0.39, 0.29) is 0 Å². The van der Waals surface area contributed by atoms with Gasteiger partial charge in [-0.1, -0.05) is 11.6 Å². The second-order valence-electron chi connectivity index (χ2n) is 5.18. The Hall–Kier alpha value is -1.71. The Balaban J connectivity index is 2.33. The molecule has 0 aliphatic heterocycles. The fourth-order valence-corrected chi connectivity index (χ4v) is 3.61. The van der Waals surface area contributed by atoms with E-state index in [4.69, 9.17) is 16.6 Å². The molecule has 0 atom stereocenters. The highest BCUT2D eigenvalue weighted by Gasteiger charge is 2.14. The standard InChI is InChI=1S/C17H14ClNOS/c1-9-4-5-15-13(6-9)14(17(18)20)8-16(19-15)12-7-10(2)21-11(12)3/h4-8H,1-3H3. The first-order valence-corrected chi connectivity index (χ1v) is 7.84. The van der Waals surface area contributed by atoms with Crippen molar-refractivity contribution in [1.82, 2.24) is 4.98 Å². The zero-order valence-corrected chi connectivity index (χ0v) is 13.6. The van der Waals surface area contributed by atoms with Gasteiger partial charge in [0.2, 0.25) is 0 Å². The number of rotatable bonds is 2. The van der Waals surface area contributed by atoms with Crippen LogP contribution in [0, 0.1) is 20.8 Å². The summed E-state index contributed by atoms with van der Waals surface area (Å²) in [5.74, 6) is 0. The molecule has 0 N–H and O–H groups in total. The Bertz CT molecular complexity index is 867. The van der Waals surface area contributed by atoms with Gasteiger partial charge < -0.3 is 0 Å². The van der Waals surface area contributed by atoms with Crippen LogP contribution in [0.2, 0.25) is 0 Å². The molecule has 2 heterocycles. The number of aryl methyl sites for hydroxylation is 3.